The molecule has 1 heterocycles. The van der Waals surface area contributed by atoms with Gasteiger partial charge in [-0.3, -0.25) is 9.59 Å². The van der Waals surface area contributed by atoms with Crippen LogP contribution in [0.5, 0.6) is 5.75 Å². The highest BCUT2D eigenvalue weighted by molar-refractivity contribution is 6.52. The number of alkyl halides is 3. The van der Waals surface area contributed by atoms with Crippen molar-refractivity contribution in [2.45, 2.75) is 12.7 Å². The summed E-state index contributed by atoms with van der Waals surface area (Å²) < 4.78 is 43.4. The van der Waals surface area contributed by atoms with Gasteiger partial charge in [-0.25, -0.2) is 0 Å². The molecule has 0 saturated carbocycles. The maximum atomic E-state index is 12.8. The molecular formula is C23H16F3NO3. The second kappa shape index (κ2) is 7.33. The number of anilines is 1. The number of Topliss-reactive ketones (excluding diaryl/α,β-unsaturated/α-hetero) is 1. The SMILES string of the molecule is COc1ccc(CN2C(=O)C(=O)c3cc(-c4ccc(C(F)(F)F)cc4)ccc32)cc1. The van der Waals surface area contributed by atoms with E-state index in [1.807, 2.05) is 12.1 Å². The van der Waals surface area contributed by atoms with Gasteiger partial charge < -0.3 is 9.64 Å². The van der Waals surface area contributed by atoms with Gasteiger partial charge >= 0.3 is 6.18 Å². The predicted octanol–water partition coefficient (Wildman–Crippen LogP) is 5.11. The third kappa shape index (κ3) is 3.54. The van der Waals surface area contributed by atoms with E-state index in [1.54, 1.807) is 37.4 Å². The number of hydrogen-bond donors (Lipinski definition) is 0. The summed E-state index contributed by atoms with van der Waals surface area (Å²) in [7, 11) is 1.56. The molecule has 0 bridgehead atoms. The van der Waals surface area contributed by atoms with Crippen LogP contribution in [-0.4, -0.2) is 18.8 Å². The van der Waals surface area contributed by atoms with Crippen molar-refractivity contribution in [1.82, 2.24) is 0 Å². The average molecular weight is 411 g/mol. The molecular weight excluding hydrogens is 395 g/mol. The second-order valence-corrected chi connectivity index (χ2v) is 6.88. The largest absolute Gasteiger partial charge is 0.497 e. The van der Waals surface area contributed by atoms with Crippen molar-refractivity contribution in [2.75, 3.05) is 12.0 Å². The lowest BCUT2D eigenvalue weighted by atomic mass is 10.00. The van der Waals surface area contributed by atoms with Crippen LogP contribution in [0.25, 0.3) is 11.1 Å². The zero-order valence-corrected chi connectivity index (χ0v) is 15.9. The first kappa shape index (κ1) is 19.7. The number of carbonyl (C=O) groups excluding carboxylic acids is 2. The Kier molecular flexibility index (Phi) is 4.81. The lowest BCUT2D eigenvalue weighted by Gasteiger charge is -2.17. The van der Waals surface area contributed by atoms with E-state index in [2.05, 4.69) is 0 Å². The molecule has 7 heteroatoms. The Balaban J connectivity index is 1.63. The molecule has 0 unspecified atom stereocenters. The summed E-state index contributed by atoms with van der Waals surface area (Å²) in [6, 6.07) is 16.7. The molecule has 1 amide bonds. The molecule has 0 fully saturated rings. The van der Waals surface area contributed by atoms with E-state index in [4.69, 9.17) is 4.74 Å². The topological polar surface area (TPSA) is 46.6 Å². The van der Waals surface area contributed by atoms with Gasteiger partial charge in [0.25, 0.3) is 11.7 Å². The van der Waals surface area contributed by atoms with Gasteiger partial charge in [-0.1, -0.05) is 30.3 Å². The van der Waals surface area contributed by atoms with Gasteiger partial charge in [0.05, 0.1) is 30.5 Å². The van der Waals surface area contributed by atoms with Crippen molar-refractivity contribution in [3.8, 4) is 16.9 Å². The number of ketones is 1. The highest BCUT2D eigenvalue weighted by Crippen LogP contribution is 2.35. The normalized spacial score (nSPS) is 13.5. The summed E-state index contributed by atoms with van der Waals surface area (Å²) in [6.07, 6.45) is -4.42. The first-order chi connectivity index (χ1) is 14.3. The maximum absolute atomic E-state index is 12.8. The summed E-state index contributed by atoms with van der Waals surface area (Å²) in [5, 5.41) is 0. The average Bonchev–Trinajstić information content (AvgIpc) is 2.98. The monoisotopic (exact) mass is 411 g/mol. The Hall–Kier alpha value is -3.61. The van der Waals surface area contributed by atoms with Crippen LogP contribution < -0.4 is 9.64 Å². The lowest BCUT2D eigenvalue weighted by Crippen LogP contribution is -2.29. The molecule has 0 spiro atoms. The van der Waals surface area contributed by atoms with Crippen molar-refractivity contribution in [2.24, 2.45) is 0 Å². The number of carbonyl (C=O) groups is 2. The quantitative estimate of drug-likeness (QED) is 0.561. The van der Waals surface area contributed by atoms with Crippen LogP contribution in [0.3, 0.4) is 0 Å². The summed E-state index contributed by atoms with van der Waals surface area (Å²) in [5.74, 6) is -0.582. The molecule has 0 aliphatic carbocycles. The molecule has 0 N–H and O–H groups in total. The lowest BCUT2D eigenvalue weighted by molar-refractivity contribution is -0.137. The fourth-order valence-corrected chi connectivity index (χ4v) is 3.40. The molecule has 30 heavy (non-hydrogen) atoms. The van der Waals surface area contributed by atoms with Crippen molar-refractivity contribution in [3.05, 3.63) is 83.4 Å². The van der Waals surface area contributed by atoms with Crippen LogP contribution in [0.2, 0.25) is 0 Å². The first-order valence-corrected chi connectivity index (χ1v) is 9.09. The van der Waals surface area contributed by atoms with Gasteiger partial charge in [0.1, 0.15) is 5.75 Å². The zero-order valence-electron chi connectivity index (χ0n) is 15.9. The van der Waals surface area contributed by atoms with Crippen LogP contribution in [0.4, 0.5) is 18.9 Å². The smallest absolute Gasteiger partial charge is 0.416 e. The summed E-state index contributed by atoms with van der Waals surface area (Å²) >= 11 is 0. The zero-order chi connectivity index (χ0) is 21.5. The Morgan fingerprint density at radius 2 is 1.50 bits per heavy atom. The summed E-state index contributed by atoms with van der Waals surface area (Å²) in [4.78, 5) is 26.4. The minimum absolute atomic E-state index is 0.223. The van der Waals surface area contributed by atoms with E-state index in [0.717, 1.165) is 17.7 Å². The van der Waals surface area contributed by atoms with E-state index >= 15 is 0 Å². The number of halogens is 3. The molecule has 152 valence electrons. The number of fused-ring (bicyclic) bond motifs is 1. The number of nitrogens with zero attached hydrogens (tertiary/aromatic N) is 1. The minimum atomic E-state index is -4.42. The predicted molar refractivity (Wildman–Crippen MR) is 105 cm³/mol. The van der Waals surface area contributed by atoms with E-state index in [0.29, 0.717) is 22.6 Å². The number of rotatable bonds is 4. The van der Waals surface area contributed by atoms with Gasteiger partial charge in [-0.2, -0.15) is 13.2 Å². The van der Waals surface area contributed by atoms with Crippen LogP contribution in [0.15, 0.2) is 66.7 Å². The molecule has 3 aromatic rings. The number of hydrogen-bond acceptors (Lipinski definition) is 3. The van der Waals surface area contributed by atoms with Crippen molar-refractivity contribution < 1.29 is 27.5 Å². The van der Waals surface area contributed by atoms with Gasteiger partial charge in [-0.15, -0.1) is 0 Å². The standard InChI is InChI=1S/C23H16F3NO3/c1-30-18-9-2-14(3-10-18)13-27-20-11-6-16(12-19(20)21(28)22(27)29)15-4-7-17(8-5-15)23(24,25)26/h2-12H,13H2,1H3. The van der Waals surface area contributed by atoms with Crippen LogP contribution >= 0.6 is 0 Å². The van der Waals surface area contributed by atoms with Crippen LogP contribution in [0.1, 0.15) is 21.5 Å². The number of benzene rings is 3. The molecule has 1 aliphatic heterocycles. The Morgan fingerprint density at radius 1 is 0.867 bits per heavy atom. The van der Waals surface area contributed by atoms with Gasteiger partial charge in [0.2, 0.25) is 0 Å². The summed E-state index contributed by atoms with van der Waals surface area (Å²) in [5.41, 5.74) is 1.90. The van der Waals surface area contributed by atoms with Gasteiger partial charge in [0.15, 0.2) is 0 Å². The fourth-order valence-electron chi connectivity index (χ4n) is 3.40. The molecule has 3 aromatic carbocycles. The Labute approximate surface area is 170 Å². The molecule has 1 aliphatic rings. The number of ether oxygens (including phenoxy) is 1. The van der Waals surface area contributed by atoms with Crippen LogP contribution in [-0.2, 0) is 17.5 Å². The van der Waals surface area contributed by atoms with Crippen molar-refractivity contribution in [3.63, 3.8) is 0 Å². The molecule has 4 nitrogen and oxygen atoms in total. The first-order valence-electron chi connectivity index (χ1n) is 9.09. The maximum Gasteiger partial charge on any atom is 0.416 e. The fraction of sp³-hybridized carbons (Fsp3) is 0.130. The van der Waals surface area contributed by atoms with Crippen molar-refractivity contribution >= 4 is 17.4 Å². The highest BCUT2D eigenvalue weighted by atomic mass is 19.4. The van der Waals surface area contributed by atoms with E-state index < -0.39 is 23.4 Å². The number of amides is 1. The third-order valence-electron chi connectivity index (χ3n) is 5.02. The number of methoxy groups -OCH3 is 1. The molecule has 0 aromatic heterocycles. The van der Waals surface area contributed by atoms with Crippen LogP contribution in [0, 0.1) is 0 Å². The summed E-state index contributed by atoms with van der Waals surface area (Å²) in [6.45, 7) is 0.223. The second-order valence-electron chi connectivity index (χ2n) is 6.88. The Morgan fingerprint density at radius 3 is 2.10 bits per heavy atom. The molecule has 0 atom stereocenters. The van der Waals surface area contributed by atoms with Gasteiger partial charge in [0, 0.05) is 0 Å². The van der Waals surface area contributed by atoms with E-state index in [1.165, 1.54) is 17.0 Å². The Bertz CT molecular complexity index is 1120. The van der Waals surface area contributed by atoms with E-state index in [9.17, 15) is 22.8 Å². The van der Waals surface area contributed by atoms with E-state index in [-0.39, 0.29) is 12.1 Å². The molecule has 0 saturated heterocycles. The van der Waals surface area contributed by atoms with Crippen molar-refractivity contribution in [1.29, 1.82) is 0 Å². The minimum Gasteiger partial charge on any atom is -0.497 e. The highest BCUT2D eigenvalue weighted by Gasteiger charge is 2.36. The molecule has 0 radical (unpaired) electrons. The third-order valence-corrected chi connectivity index (χ3v) is 5.02. The molecule has 4 rings (SSSR count). The van der Waals surface area contributed by atoms with Gasteiger partial charge in [-0.05, 0) is 53.1 Å².